The SMILES string of the molecule is Cc1ccc(CN2CC[C@@H]3NC(=O)C[C@H]32)s1. The molecule has 2 saturated heterocycles. The maximum atomic E-state index is 11.3. The molecule has 3 heterocycles. The molecule has 0 bridgehead atoms. The van der Waals surface area contributed by atoms with Crippen molar-refractivity contribution in [3.63, 3.8) is 0 Å². The molecule has 2 atom stereocenters. The van der Waals surface area contributed by atoms with E-state index in [1.165, 1.54) is 9.75 Å². The van der Waals surface area contributed by atoms with Crippen LogP contribution in [0.2, 0.25) is 0 Å². The van der Waals surface area contributed by atoms with Crippen LogP contribution in [0.1, 0.15) is 22.6 Å². The van der Waals surface area contributed by atoms with Gasteiger partial charge in [-0.1, -0.05) is 0 Å². The van der Waals surface area contributed by atoms with E-state index in [1.54, 1.807) is 0 Å². The largest absolute Gasteiger partial charge is 0.352 e. The summed E-state index contributed by atoms with van der Waals surface area (Å²) in [6.45, 7) is 4.27. The van der Waals surface area contributed by atoms with Gasteiger partial charge in [0.25, 0.3) is 0 Å². The number of carbonyl (C=O) groups excluding carboxylic acids is 1. The number of rotatable bonds is 2. The number of hydrogen-bond acceptors (Lipinski definition) is 3. The summed E-state index contributed by atoms with van der Waals surface area (Å²) in [5.41, 5.74) is 0. The average Bonchev–Trinajstić information content (AvgIpc) is 2.86. The highest BCUT2D eigenvalue weighted by Crippen LogP contribution is 2.28. The number of likely N-dealkylation sites (tertiary alicyclic amines) is 1. The Morgan fingerprint density at radius 1 is 1.56 bits per heavy atom. The lowest BCUT2D eigenvalue weighted by atomic mass is 10.1. The molecule has 0 unspecified atom stereocenters. The summed E-state index contributed by atoms with van der Waals surface area (Å²) < 4.78 is 0. The summed E-state index contributed by atoms with van der Waals surface area (Å²) >= 11 is 1.86. The molecule has 16 heavy (non-hydrogen) atoms. The van der Waals surface area contributed by atoms with Crippen molar-refractivity contribution in [2.24, 2.45) is 0 Å². The van der Waals surface area contributed by atoms with E-state index in [2.05, 4.69) is 29.3 Å². The quantitative estimate of drug-likeness (QED) is 0.844. The molecule has 2 aliphatic heterocycles. The summed E-state index contributed by atoms with van der Waals surface area (Å²) in [6, 6.07) is 5.23. The van der Waals surface area contributed by atoms with Crippen LogP contribution in [0.5, 0.6) is 0 Å². The van der Waals surface area contributed by atoms with E-state index in [4.69, 9.17) is 0 Å². The predicted octanol–water partition coefficient (Wildman–Crippen LogP) is 1.52. The van der Waals surface area contributed by atoms with Crippen molar-refractivity contribution in [1.82, 2.24) is 10.2 Å². The number of carbonyl (C=O) groups is 1. The van der Waals surface area contributed by atoms with Gasteiger partial charge >= 0.3 is 0 Å². The molecule has 2 aliphatic rings. The van der Waals surface area contributed by atoms with Crippen molar-refractivity contribution < 1.29 is 4.79 Å². The summed E-state index contributed by atoms with van der Waals surface area (Å²) in [5.74, 6) is 0.224. The van der Waals surface area contributed by atoms with E-state index in [9.17, 15) is 4.79 Å². The second-order valence-corrected chi connectivity index (χ2v) is 6.09. The lowest BCUT2D eigenvalue weighted by molar-refractivity contribution is -0.119. The minimum atomic E-state index is 0.224. The fourth-order valence-electron chi connectivity index (χ4n) is 2.78. The molecular formula is C12H16N2OS. The van der Waals surface area contributed by atoms with Crippen LogP contribution in [0.25, 0.3) is 0 Å². The van der Waals surface area contributed by atoms with Gasteiger partial charge in [-0.25, -0.2) is 0 Å². The smallest absolute Gasteiger partial charge is 0.221 e. The van der Waals surface area contributed by atoms with Crippen LogP contribution < -0.4 is 5.32 Å². The highest BCUT2D eigenvalue weighted by atomic mass is 32.1. The zero-order valence-corrected chi connectivity index (χ0v) is 10.2. The fraction of sp³-hybridized carbons (Fsp3) is 0.583. The Morgan fingerprint density at radius 3 is 3.19 bits per heavy atom. The van der Waals surface area contributed by atoms with E-state index in [1.807, 2.05) is 11.3 Å². The number of nitrogens with one attached hydrogen (secondary N) is 1. The lowest BCUT2D eigenvalue weighted by Crippen LogP contribution is -2.33. The first-order chi connectivity index (χ1) is 7.72. The summed E-state index contributed by atoms with van der Waals surface area (Å²) in [7, 11) is 0. The molecule has 1 aromatic rings. The van der Waals surface area contributed by atoms with Crippen molar-refractivity contribution in [3.8, 4) is 0 Å². The number of aryl methyl sites for hydroxylation is 1. The minimum absolute atomic E-state index is 0.224. The summed E-state index contributed by atoms with van der Waals surface area (Å²) in [6.07, 6.45) is 1.80. The maximum absolute atomic E-state index is 11.3. The van der Waals surface area contributed by atoms with Crippen LogP contribution in [0.4, 0.5) is 0 Å². The van der Waals surface area contributed by atoms with E-state index in [-0.39, 0.29) is 5.91 Å². The monoisotopic (exact) mass is 236 g/mol. The molecule has 1 N–H and O–H groups in total. The Hall–Kier alpha value is -0.870. The standard InChI is InChI=1S/C12H16N2OS/c1-8-2-3-9(16-8)7-14-5-4-10-11(14)6-12(15)13-10/h2-3,10-11H,4-7H2,1H3,(H,13,15)/t10-,11+/m0/s1. The normalized spacial score (nSPS) is 29.4. The molecule has 2 fully saturated rings. The van der Waals surface area contributed by atoms with E-state index >= 15 is 0 Å². The van der Waals surface area contributed by atoms with Gasteiger partial charge < -0.3 is 5.32 Å². The van der Waals surface area contributed by atoms with Crippen molar-refractivity contribution in [2.45, 2.75) is 38.4 Å². The first-order valence-electron chi connectivity index (χ1n) is 5.81. The molecular weight excluding hydrogens is 220 g/mol. The van der Waals surface area contributed by atoms with Crippen LogP contribution in [0.3, 0.4) is 0 Å². The number of fused-ring (bicyclic) bond motifs is 1. The van der Waals surface area contributed by atoms with Crippen molar-refractivity contribution >= 4 is 17.2 Å². The van der Waals surface area contributed by atoms with Crippen LogP contribution in [-0.4, -0.2) is 29.4 Å². The minimum Gasteiger partial charge on any atom is -0.352 e. The molecule has 0 aliphatic carbocycles. The Kier molecular flexibility index (Phi) is 2.48. The molecule has 86 valence electrons. The zero-order chi connectivity index (χ0) is 11.1. The van der Waals surface area contributed by atoms with Crippen molar-refractivity contribution in [3.05, 3.63) is 21.9 Å². The first-order valence-corrected chi connectivity index (χ1v) is 6.63. The zero-order valence-electron chi connectivity index (χ0n) is 9.40. The Bertz CT molecular complexity index is 415. The van der Waals surface area contributed by atoms with Gasteiger partial charge in [-0.2, -0.15) is 0 Å². The highest BCUT2D eigenvalue weighted by Gasteiger charge is 2.41. The Morgan fingerprint density at radius 2 is 2.44 bits per heavy atom. The third-order valence-electron chi connectivity index (χ3n) is 3.56. The molecule has 4 heteroatoms. The van der Waals surface area contributed by atoms with Crippen LogP contribution in [0.15, 0.2) is 12.1 Å². The van der Waals surface area contributed by atoms with Crippen molar-refractivity contribution in [1.29, 1.82) is 0 Å². The molecule has 3 nitrogen and oxygen atoms in total. The Balaban J connectivity index is 1.70. The first kappa shape index (κ1) is 10.3. The van der Waals surface area contributed by atoms with Gasteiger partial charge in [-0.15, -0.1) is 11.3 Å². The molecule has 0 saturated carbocycles. The highest BCUT2D eigenvalue weighted by molar-refractivity contribution is 7.11. The molecule has 0 radical (unpaired) electrons. The van der Waals surface area contributed by atoms with Gasteiger partial charge in [0.15, 0.2) is 0 Å². The third kappa shape index (κ3) is 1.76. The van der Waals surface area contributed by atoms with E-state index in [0.29, 0.717) is 18.5 Å². The Labute approximate surface area is 99.5 Å². The second kappa shape index (κ2) is 3.86. The number of thiophene rings is 1. The van der Waals surface area contributed by atoms with Gasteiger partial charge in [0, 0.05) is 41.3 Å². The van der Waals surface area contributed by atoms with Gasteiger partial charge in [0.05, 0.1) is 0 Å². The molecule has 0 aromatic carbocycles. The molecule has 3 rings (SSSR count). The number of nitrogens with zero attached hydrogens (tertiary/aromatic N) is 1. The molecule has 1 aromatic heterocycles. The number of hydrogen-bond donors (Lipinski definition) is 1. The predicted molar refractivity (Wildman–Crippen MR) is 64.4 cm³/mol. The van der Waals surface area contributed by atoms with Crippen LogP contribution in [-0.2, 0) is 11.3 Å². The second-order valence-electron chi connectivity index (χ2n) is 4.72. The van der Waals surface area contributed by atoms with Gasteiger partial charge in [0.1, 0.15) is 0 Å². The summed E-state index contributed by atoms with van der Waals surface area (Å²) in [4.78, 5) is 16.6. The lowest BCUT2D eigenvalue weighted by Gasteiger charge is -2.21. The maximum Gasteiger partial charge on any atom is 0.221 e. The van der Waals surface area contributed by atoms with E-state index < -0.39 is 0 Å². The van der Waals surface area contributed by atoms with Crippen LogP contribution in [0, 0.1) is 6.92 Å². The number of amides is 1. The van der Waals surface area contributed by atoms with Gasteiger partial charge in [-0.3, -0.25) is 9.69 Å². The van der Waals surface area contributed by atoms with Gasteiger partial charge in [-0.05, 0) is 25.5 Å². The third-order valence-corrected chi connectivity index (χ3v) is 4.54. The van der Waals surface area contributed by atoms with Crippen molar-refractivity contribution in [2.75, 3.05) is 6.54 Å². The summed E-state index contributed by atoms with van der Waals surface area (Å²) in [5, 5.41) is 3.06. The van der Waals surface area contributed by atoms with E-state index in [0.717, 1.165) is 19.5 Å². The fourth-order valence-corrected chi connectivity index (χ4v) is 3.70. The average molecular weight is 236 g/mol. The van der Waals surface area contributed by atoms with Crippen LogP contribution >= 0.6 is 11.3 Å². The topological polar surface area (TPSA) is 32.3 Å². The van der Waals surface area contributed by atoms with Gasteiger partial charge in [0.2, 0.25) is 5.91 Å². The molecule has 1 amide bonds. The molecule has 0 spiro atoms.